The van der Waals surface area contributed by atoms with Crippen molar-refractivity contribution < 1.29 is 4.42 Å². The number of para-hydroxylation sites is 1. The van der Waals surface area contributed by atoms with Crippen molar-refractivity contribution in [2.45, 2.75) is 136 Å². The Balaban J connectivity index is 1.24. The fourth-order valence-corrected chi connectivity index (χ4v) is 14.4. The molecule has 0 fully saturated rings. The molecule has 0 saturated heterocycles. The summed E-state index contributed by atoms with van der Waals surface area (Å²) in [5.41, 5.74) is 21.0. The second kappa shape index (κ2) is 13.7. The van der Waals surface area contributed by atoms with Crippen LogP contribution in [0.2, 0.25) is 0 Å². The molecule has 7 aromatic carbocycles. The first-order valence-electron chi connectivity index (χ1n) is 25.2. The lowest BCUT2D eigenvalue weighted by Gasteiger charge is -2.46. The monoisotopic (exact) mass is 906 g/mol. The zero-order valence-electron chi connectivity index (χ0n) is 42.1. The number of anilines is 5. The molecule has 0 unspecified atom stereocenters. The van der Waals surface area contributed by atoms with E-state index in [1.165, 1.54) is 129 Å². The van der Waals surface area contributed by atoms with Crippen molar-refractivity contribution in [1.29, 1.82) is 0 Å². The Bertz CT molecular complexity index is 3650. The van der Waals surface area contributed by atoms with E-state index >= 15 is 0 Å². The van der Waals surface area contributed by atoms with Gasteiger partial charge in [0, 0.05) is 37.8 Å². The number of rotatable bonds is 2. The lowest BCUT2D eigenvalue weighted by atomic mass is 9.43. The van der Waals surface area contributed by atoms with Crippen LogP contribution in [0.5, 0.6) is 0 Å². The third-order valence-electron chi connectivity index (χ3n) is 17.4. The number of furan rings is 1. The van der Waals surface area contributed by atoms with Gasteiger partial charge in [-0.15, -0.1) is 11.3 Å². The van der Waals surface area contributed by atoms with Gasteiger partial charge in [-0.3, -0.25) is 4.90 Å². The van der Waals surface area contributed by atoms with E-state index in [0.29, 0.717) is 0 Å². The Morgan fingerprint density at radius 3 is 1.84 bits per heavy atom. The molecule has 5 heteroatoms. The zero-order chi connectivity index (χ0) is 47.2. The molecule has 13 rings (SSSR count). The molecule has 0 atom stereocenters. The first-order chi connectivity index (χ1) is 32.2. The maximum Gasteiger partial charge on any atom is 0.334 e. The summed E-state index contributed by atoms with van der Waals surface area (Å²) in [6.45, 7) is 28.9. The van der Waals surface area contributed by atoms with Gasteiger partial charge in [-0.05, 0) is 163 Å². The van der Waals surface area contributed by atoms with Gasteiger partial charge in [0.1, 0.15) is 5.58 Å². The van der Waals surface area contributed by atoms with Crippen LogP contribution < -0.4 is 20.6 Å². The first-order valence-corrected chi connectivity index (χ1v) is 26.0. The normalized spacial score (nSPS) is 18.4. The highest BCUT2D eigenvalue weighted by molar-refractivity contribution is 7.26. The third-order valence-corrected chi connectivity index (χ3v) is 18.6. The average molecular weight is 907 g/mol. The highest BCUT2D eigenvalue weighted by atomic mass is 32.1. The van der Waals surface area contributed by atoms with E-state index in [1.807, 2.05) is 11.3 Å². The van der Waals surface area contributed by atoms with Crippen molar-refractivity contribution in [1.82, 2.24) is 0 Å². The summed E-state index contributed by atoms with van der Waals surface area (Å²) in [5.74, 6) is 0. The lowest BCUT2D eigenvalue weighted by Crippen LogP contribution is -2.61. The van der Waals surface area contributed by atoms with Gasteiger partial charge in [0.2, 0.25) is 0 Å². The molecule has 2 aromatic heterocycles. The predicted octanol–water partition coefficient (Wildman–Crippen LogP) is 17.0. The van der Waals surface area contributed by atoms with Crippen LogP contribution in [0.25, 0.3) is 53.9 Å². The van der Waals surface area contributed by atoms with E-state index in [2.05, 4.69) is 208 Å². The summed E-state index contributed by atoms with van der Waals surface area (Å²) >= 11 is 2.00. The van der Waals surface area contributed by atoms with Gasteiger partial charge in [-0.1, -0.05) is 149 Å². The summed E-state index contributed by atoms with van der Waals surface area (Å²) < 4.78 is 8.69. The molecular weight excluding hydrogens is 844 g/mol. The van der Waals surface area contributed by atoms with Crippen molar-refractivity contribution in [2.75, 3.05) is 9.71 Å². The van der Waals surface area contributed by atoms with Crippen LogP contribution in [0.3, 0.4) is 0 Å². The molecule has 2 aliphatic heterocycles. The topological polar surface area (TPSA) is 19.6 Å². The molecule has 0 N–H and O–H groups in total. The quantitative estimate of drug-likeness (QED) is 0.161. The highest BCUT2D eigenvalue weighted by Gasteiger charge is 2.50. The van der Waals surface area contributed by atoms with Gasteiger partial charge in [-0.2, -0.15) is 0 Å². The molecule has 2 aliphatic carbocycles. The molecule has 340 valence electrons. The van der Waals surface area contributed by atoms with Gasteiger partial charge in [0.15, 0.2) is 5.58 Å². The number of aryl methyl sites for hydroxylation is 1. The molecule has 9 aromatic rings. The molecule has 3 nitrogen and oxygen atoms in total. The van der Waals surface area contributed by atoms with Crippen LogP contribution in [0.15, 0.2) is 120 Å². The number of fused-ring (bicyclic) bond motifs is 14. The van der Waals surface area contributed by atoms with Gasteiger partial charge in [-0.25, -0.2) is 0 Å². The number of hydrogen-bond donors (Lipinski definition) is 0. The Morgan fingerprint density at radius 1 is 0.559 bits per heavy atom. The minimum atomic E-state index is -0.150. The fourth-order valence-electron chi connectivity index (χ4n) is 13.1. The maximum atomic E-state index is 7.32. The molecule has 0 bridgehead atoms. The summed E-state index contributed by atoms with van der Waals surface area (Å²) in [5, 5.41) is 7.52. The Kier molecular flexibility index (Phi) is 8.54. The Labute approximate surface area is 407 Å². The molecule has 4 heterocycles. The number of benzene rings is 7. The van der Waals surface area contributed by atoms with Crippen molar-refractivity contribution in [2.24, 2.45) is 0 Å². The summed E-state index contributed by atoms with van der Waals surface area (Å²) in [6, 6.07) is 45.0. The van der Waals surface area contributed by atoms with Gasteiger partial charge < -0.3 is 9.23 Å². The second-order valence-corrected chi connectivity index (χ2v) is 25.7. The smallest absolute Gasteiger partial charge is 0.334 e. The SMILES string of the molecule is Cc1cc2c(cc1N1c3sc4cc5c(cc4c3B3c4c(cc6c(oc7ccccc76)c41)-c1ccc4ccccc4c1N3c1ccc(C(C)(C)C)cc1)C(C)(C)CCC5(C)C)C(C)(C)CCC2(C)C. The minimum absolute atomic E-state index is 0.0238. The van der Waals surface area contributed by atoms with E-state index in [4.69, 9.17) is 4.42 Å². The van der Waals surface area contributed by atoms with E-state index in [0.717, 1.165) is 23.0 Å². The fraction of sp³-hybridized carbons (Fsp3) is 0.333. The van der Waals surface area contributed by atoms with Crippen LogP contribution in [0, 0.1) is 6.92 Å². The van der Waals surface area contributed by atoms with E-state index in [9.17, 15) is 0 Å². The summed E-state index contributed by atoms with van der Waals surface area (Å²) in [7, 11) is 0. The Morgan fingerprint density at radius 2 is 1.16 bits per heavy atom. The molecule has 0 saturated carbocycles. The molecule has 68 heavy (non-hydrogen) atoms. The standard InChI is InChI=1S/C63H63BN2OS/c1-36-31-46-48(62(9,10)29-27-60(46,5)6)34-50(36)65-56-53-43(32-44-41-19-15-16-20-51(41)67-57(44)56)42-26-21-37-17-13-14-18-40(37)55(42)66(39-24-22-38(23-25-39)59(2,3)4)64(53)54-45-33-47-49(35-52(45)68-58(54)65)63(11,12)30-28-61(47,7)8/h13-26,31-35H,27-30H2,1-12H3. The van der Waals surface area contributed by atoms with Crippen molar-refractivity contribution in [3.63, 3.8) is 0 Å². The number of nitrogens with zero attached hydrogens (tertiary/aromatic N) is 2. The first kappa shape index (κ1) is 42.3. The molecule has 4 aliphatic rings. The number of thiophene rings is 1. The van der Waals surface area contributed by atoms with Crippen molar-refractivity contribution in [3.8, 4) is 11.1 Å². The molecule has 0 spiro atoms. The van der Waals surface area contributed by atoms with Crippen LogP contribution >= 0.6 is 11.3 Å². The number of hydrogen-bond acceptors (Lipinski definition) is 4. The highest BCUT2D eigenvalue weighted by Crippen LogP contribution is 2.57. The van der Waals surface area contributed by atoms with E-state index in [-0.39, 0.29) is 33.9 Å². The lowest BCUT2D eigenvalue weighted by molar-refractivity contribution is 0.332. The van der Waals surface area contributed by atoms with E-state index < -0.39 is 0 Å². The summed E-state index contributed by atoms with van der Waals surface area (Å²) in [4.78, 5) is 5.45. The second-order valence-electron chi connectivity index (χ2n) is 24.7. The Hall–Kier alpha value is -5.78. The molecule has 0 radical (unpaired) electrons. The average Bonchev–Trinajstić information content (AvgIpc) is 3.87. The van der Waals surface area contributed by atoms with Gasteiger partial charge >= 0.3 is 6.85 Å². The largest absolute Gasteiger partial charge is 0.454 e. The predicted molar refractivity (Wildman–Crippen MR) is 294 cm³/mol. The van der Waals surface area contributed by atoms with Crippen LogP contribution in [-0.2, 0) is 27.1 Å². The van der Waals surface area contributed by atoms with Gasteiger partial charge in [0.05, 0.1) is 16.4 Å². The van der Waals surface area contributed by atoms with Crippen molar-refractivity contribution >= 4 is 99.7 Å². The minimum Gasteiger partial charge on any atom is -0.454 e. The summed E-state index contributed by atoms with van der Waals surface area (Å²) in [6.07, 6.45) is 4.69. The molecule has 0 amide bonds. The van der Waals surface area contributed by atoms with Crippen LogP contribution in [0.1, 0.15) is 135 Å². The zero-order valence-corrected chi connectivity index (χ0v) is 42.9. The molecular formula is C63H63BN2OS. The van der Waals surface area contributed by atoms with Crippen LogP contribution in [-0.4, -0.2) is 6.85 Å². The maximum absolute atomic E-state index is 7.32. The third kappa shape index (κ3) is 5.78. The van der Waals surface area contributed by atoms with E-state index in [1.54, 1.807) is 0 Å². The van der Waals surface area contributed by atoms with Gasteiger partial charge in [0.25, 0.3) is 0 Å². The van der Waals surface area contributed by atoms with Crippen LogP contribution in [0.4, 0.5) is 27.8 Å². The van der Waals surface area contributed by atoms with Crippen molar-refractivity contribution in [3.05, 3.63) is 149 Å².